The summed E-state index contributed by atoms with van der Waals surface area (Å²) in [4.78, 5) is 12.4. The number of nitrogens with zero attached hydrogens (tertiary/aromatic N) is 1. The van der Waals surface area contributed by atoms with E-state index in [0.29, 0.717) is 17.8 Å². The van der Waals surface area contributed by atoms with Crippen LogP contribution in [0.15, 0.2) is 54.1 Å². The lowest BCUT2D eigenvalue weighted by molar-refractivity contribution is 0.0954. The number of sulfonamides is 1. The third-order valence-corrected chi connectivity index (χ3v) is 6.82. The molecule has 0 saturated carbocycles. The summed E-state index contributed by atoms with van der Waals surface area (Å²) in [6.45, 7) is 4.71. The number of hydrogen-bond donors (Lipinski definition) is 1. The van der Waals surface area contributed by atoms with Crippen molar-refractivity contribution in [1.82, 2.24) is 5.32 Å². The molecule has 1 N–H and O–H groups in total. The highest BCUT2D eigenvalue weighted by molar-refractivity contribution is 7.92. The van der Waals surface area contributed by atoms with E-state index in [0.717, 1.165) is 36.0 Å². The fraction of sp³-hybridized carbons (Fsp3) is 0.400. The molecule has 31 heavy (non-hydrogen) atoms. The third kappa shape index (κ3) is 6.44. The Morgan fingerprint density at radius 1 is 1.06 bits per heavy atom. The first-order valence-corrected chi connectivity index (χ1v) is 12.7. The minimum Gasteiger partial charge on any atom is -0.352 e. The van der Waals surface area contributed by atoms with Crippen LogP contribution in [0.2, 0.25) is 0 Å². The van der Waals surface area contributed by atoms with Crippen molar-refractivity contribution in [3.63, 3.8) is 0 Å². The molecule has 0 radical (unpaired) electrons. The summed E-state index contributed by atoms with van der Waals surface area (Å²) in [5, 5.41) is 2.98. The number of aryl methyl sites for hydroxylation is 2. The van der Waals surface area contributed by atoms with Crippen LogP contribution in [-0.4, -0.2) is 27.1 Å². The van der Waals surface area contributed by atoms with E-state index >= 15 is 0 Å². The molecule has 166 valence electrons. The maximum absolute atomic E-state index is 12.5. The van der Waals surface area contributed by atoms with Crippen LogP contribution < -0.4 is 9.62 Å². The van der Waals surface area contributed by atoms with Crippen molar-refractivity contribution in [1.29, 1.82) is 0 Å². The van der Waals surface area contributed by atoms with Gasteiger partial charge in [-0.15, -0.1) is 0 Å². The Morgan fingerprint density at radius 2 is 1.81 bits per heavy atom. The largest absolute Gasteiger partial charge is 0.352 e. The minimum absolute atomic E-state index is 0.0996. The van der Waals surface area contributed by atoms with Crippen LogP contribution in [0.5, 0.6) is 0 Å². The van der Waals surface area contributed by atoms with E-state index in [1.54, 1.807) is 12.1 Å². The SMILES string of the molecule is Cc1ccc(C)c(N(Cc2ccc(C(=O)NCCC3=CCCCC3)cc2)S(C)(=O)=O)c1. The van der Waals surface area contributed by atoms with Gasteiger partial charge in [0, 0.05) is 12.1 Å². The zero-order chi connectivity index (χ0) is 22.4. The van der Waals surface area contributed by atoms with E-state index in [1.165, 1.54) is 29.0 Å². The van der Waals surface area contributed by atoms with Gasteiger partial charge < -0.3 is 5.32 Å². The maximum Gasteiger partial charge on any atom is 0.251 e. The number of anilines is 1. The van der Waals surface area contributed by atoms with Gasteiger partial charge >= 0.3 is 0 Å². The summed E-state index contributed by atoms with van der Waals surface area (Å²) in [7, 11) is -3.46. The third-order valence-electron chi connectivity index (χ3n) is 5.69. The number of rotatable bonds is 8. The molecule has 2 aromatic carbocycles. The van der Waals surface area contributed by atoms with Gasteiger partial charge in [0.25, 0.3) is 5.91 Å². The first-order valence-electron chi connectivity index (χ1n) is 10.8. The van der Waals surface area contributed by atoms with E-state index < -0.39 is 10.0 Å². The molecule has 2 aromatic rings. The average Bonchev–Trinajstić information content (AvgIpc) is 2.74. The van der Waals surface area contributed by atoms with Gasteiger partial charge in [-0.3, -0.25) is 9.10 Å². The summed E-state index contributed by atoms with van der Waals surface area (Å²) in [5.41, 5.74) is 5.44. The molecular formula is C25H32N2O3S. The molecule has 0 bridgehead atoms. The van der Waals surface area contributed by atoms with Crippen molar-refractivity contribution in [2.45, 2.75) is 52.5 Å². The van der Waals surface area contributed by atoms with E-state index in [4.69, 9.17) is 0 Å². The Bertz CT molecular complexity index is 1060. The van der Waals surface area contributed by atoms with Crippen molar-refractivity contribution in [2.24, 2.45) is 0 Å². The van der Waals surface area contributed by atoms with Gasteiger partial charge in [-0.05, 0) is 80.8 Å². The summed E-state index contributed by atoms with van der Waals surface area (Å²) in [6.07, 6.45) is 9.23. The van der Waals surface area contributed by atoms with E-state index in [9.17, 15) is 13.2 Å². The van der Waals surface area contributed by atoms with Gasteiger partial charge in [-0.25, -0.2) is 8.42 Å². The predicted octanol–water partition coefficient (Wildman–Crippen LogP) is 4.89. The number of nitrogens with one attached hydrogen (secondary N) is 1. The molecule has 0 heterocycles. The van der Waals surface area contributed by atoms with Crippen LogP contribution >= 0.6 is 0 Å². The molecule has 0 spiro atoms. The van der Waals surface area contributed by atoms with E-state index in [-0.39, 0.29) is 12.5 Å². The molecule has 3 rings (SSSR count). The Balaban J connectivity index is 1.66. The number of allylic oxidation sites excluding steroid dienone is 1. The summed E-state index contributed by atoms with van der Waals surface area (Å²) >= 11 is 0. The highest BCUT2D eigenvalue weighted by atomic mass is 32.2. The van der Waals surface area contributed by atoms with Crippen LogP contribution in [-0.2, 0) is 16.6 Å². The highest BCUT2D eigenvalue weighted by Crippen LogP contribution is 2.26. The molecule has 0 saturated heterocycles. The molecule has 0 unspecified atom stereocenters. The molecule has 5 nitrogen and oxygen atoms in total. The Hall–Kier alpha value is -2.60. The topological polar surface area (TPSA) is 66.5 Å². The van der Waals surface area contributed by atoms with Crippen molar-refractivity contribution in [3.05, 3.63) is 76.4 Å². The fourth-order valence-electron chi connectivity index (χ4n) is 3.87. The average molecular weight is 441 g/mol. The number of carbonyl (C=O) groups excluding carboxylic acids is 1. The number of benzene rings is 2. The lowest BCUT2D eigenvalue weighted by Gasteiger charge is -2.25. The van der Waals surface area contributed by atoms with Crippen LogP contribution in [0.4, 0.5) is 5.69 Å². The quantitative estimate of drug-likeness (QED) is 0.594. The van der Waals surface area contributed by atoms with Crippen LogP contribution in [0.25, 0.3) is 0 Å². The van der Waals surface area contributed by atoms with Crippen molar-refractivity contribution < 1.29 is 13.2 Å². The second-order valence-electron chi connectivity index (χ2n) is 8.37. The molecule has 1 aliphatic rings. The Labute approximate surface area is 186 Å². The van der Waals surface area contributed by atoms with Crippen molar-refractivity contribution in [3.8, 4) is 0 Å². The summed E-state index contributed by atoms with van der Waals surface area (Å²) in [5.74, 6) is -0.0996. The number of hydrogen-bond acceptors (Lipinski definition) is 3. The smallest absolute Gasteiger partial charge is 0.251 e. The molecule has 1 amide bonds. The standard InChI is InChI=1S/C25H32N2O3S/c1-19-9-10-20(2)24(17-19)27(31(3,29)30)18-22-11-13-23(14-12-22)25(28)26-16-15-21-7-5-4-6-8-21/h7,9-14,17H,4-6,8,15-16,18H2,1-3H3,(H,26,28). The molecule has 0 fully saturated rings. The zero-order valence-electron chi connectivity index (χ0n) is 18.6. The normalized spacial score (nSPS) is 14.1. The van der Waals surface area contributed by atoms with Gasteiger partial charge in [0.05, 0.1) is 18.5 Å². The van der Waals surface area contributed by atoms with Gasteiger partial charge in [-0.1, -0.05) is 35.9 Å². The number of carbonyl (C=O) groups is 1. The van der Waals surface area contributed by atoms with Crippen LogP contribution in [0.3, 0.4) is 0 Å². The van der Waals surface area contributed by atoms with E-state index in [1.807, 2.05) is 44.2 Å². The van der Waals surface area contributed by atoms with Gasteiger partial charge in [0.1, 0.15) is 0 Å². The maximum atomic E-state index is 12.5. The minimum atomic E-state index is -3.46. The fourth-order valence-corrected chi connectivity index (χ4v) is 4.80. The van der Waals surface area contributed by atoms with Gasteiger partial charge in [0.2, 0.25) is 10.0 Å². The second kappa shape index (κ2) is 10.1. The van der Waals surface area contributed by atoms with Crippen molar-refractivity contribution >= 4 is 21.6 Å². The monoisotopic (exact) mass is 440 g/mol. The summed E-state index contributed by atoms with van der Waals surface area (Å²) < 4.78 is 26.4. The number of amides is 1. The van der Waals surface area contributed by atoms with Crippen molar-refractivity contribution in [2.75, 3.05) is 17.1 Å². The lowest BCUT2D eigenvalue weighted by atomic mass is 9.97. The van der Waals surface area contributed by atoms with Crippen LogP contribution in [0, 0.1) is 13.8 Å². The molecule has 0 atom stereocenters. The Morgan fingerprint density at radius 3 is 2.45 bits per heavy atom. The van der Waals surface area contributed by atoms with Gasteiger partial charge in [-0.2, -0.15) is 0 Å². The molecule has 0 aromatic heterocycles. The lowest BCUT2D eigenvalue weighted by Crippen LogP contribution is -2.30. The predicted molar refractivity (Wildman–Crippen MR) is 127 cm³/mol. The second-order valence-corrected chi connectivity index (χ2v) is 10.3. The molecule has 1 aliphatic carbocycles. The molecular weight excluding hydrogens is 408 g/mol. The first-order chi connectivity index (χ1) is 14.7. The molecule has 6 heteroatoms. The Kier molecular flexibility index (Phi) is 7.55. The zero-order valence-corrected chi connectivity index (χ0v) is 19.5. The highest BCUT2D eigenvalue weighted by Gasteiger charge is 2.20. The van der Waals surface area contributed by atoms with E-state index in [2.05, 4.69) is 11.4 Å². The van der Waals surface area contributed by atoms with Gasteiger partial charge in [0.15, 0.2) is 0 Å². The summed E-state index contributed by atoms with van der Waals surface area (Å²) in [6, 6.07) is 12.9. The van der Waals surface area contributed by atoms with Crippen LogP contribution in [0.1, 0.15) is 59.2 Å². The molecule has 0 aliphatic heterocycles. The first kappa shape index (κ1) is 23.1.